The number of hydrogen-bond acceptors (Lipinski definition) is 6. The zero-order chi connectivity index (χ0) is 18.0. The van der Waals surface area contributed by atoms with Gasteiger partial charge < -0.3 is 31.2 Å². The third kappa shape index (κ3) is 5.26. The standard InChI is InChI=1S/C12H19N3O4.C2H6.CH5N/c1-8(17)9(6-16)14-10(18)5-15-7-12(11(15)19)3-2-4-13-12;2*1-2/h6,8-9,13,17H,2-5,7H2,1H3,(H,14,18);1-2H3;2H2,1H3. The number of aldehydes is 1. The van der Waals surface area contributed by atoms with Gasteiger partial charge >= 0.3 is 0 Å². The minimum absolute atomic E-state index is 0.0557. The van der Waals surface area contributed by atoms with Crippen LogP contribution in [-0.4, -0.2) is 72.5 Å². The monoisotopic (exact) mass is 330 g/mol. The number of carbonyl (C=O) groups excluding carboxylic acids is 3. The van der Waals surface area contributed by atoms with Gasteiger partial charge in [-0.3, -0.25) is 9.59 Å². The van der Waals surface area contributed by atoms with Crippen molar-refractivity contribution in [3.8, 4) is 0 Å². The van der Waals surface area contributed by atoms with Crippen molar-refractivity contribution in [2.75, 3.05) is 26.7 Å². The number of carbonyl (C=O) groups is 3. The summed E-state index contributed by atoms with van der Waals surface area (Å²) >= 11 is 0. The molecule has 0 aliphatic carbocycles. The van der Waals surface area contributed by atoms with Crippen LogP contribution >= 0.6 is 0 Å². The van der Waals surface area contributed by atoms with E-state index >= 15 is 0 Å². The maximum atomic E-state index is 12.0. The molecule has 0 aromatic carbocycles. The van der Waals surface area contributed by atoms with Gasteiger partial charge in [-0.25, -0.2) is 0 Å². The average molecular weight is 330 g/mol. The van der Waals surface area contributed by atoms with E-state index in [1.54, 1.807) is 0 Å². The number of β-lactam (4-membered cyclic amide) rings is 1. The van der Waals surface area contributed by atoms with Gasteiger partial charge in [0.15, 0.2) is 0 Å². The minimum atomic E-state index is -0.948. The highest BCUT2D eigenvalue weighted by Gasteiger charge is 2.53. The van der Waals surface area contributed by atoms with Gasteiger partial charge in [-0.1, -0.05) is 13.8 Å². The number of hydrogen-bond donors (Lipinski definition) is 4. The molecule has 8 heteroatoms. The molecule has 2 amide bonds. The van der Waals surface area contributed by atoms with Crippen LogP contribution in [0, 0.1) is 0 Å². The zero-order valence-corrected chi connectivity index (χ0v) is 14.5. The maximum Gasteiger partial charge on any atom is 0.245 e. The molecule has 134 valence electrons. The smallest absolute Gasteiger partial charge is 0.245 e. The number of likely N-dealkylation sites (tertiary alicyclic amines) is 1. The van der Waals surface area contributed by atoms with Gasteiger partial charge in [0.25, 0.3) is 0 Å². The molecule has 0 bridgehead atoms. The molecule has 2 fully saturated rings. The molecule has 5 N–H and O–H groups in total. The van der Waals surface area contributed by atoms with Crippen LogP contribution in [0.1, 0.15) is 33.6 Å². The van der Waals surface area contributed by atoms with Crippen molar-refractivity contribution in [2.24, 2.45) is 5.73 Å². The summed E-state index contributed by atoms with van der Waals surface area (Å²) in [5, 5.41) is 14.8. The number of nitrogens with two attached hydrogens (primary N) is 1. The fourth-order valence-electron chi connectivity index (χ4n) is 2.60. The molecule has 3 unspecified atom stereocenters. The third-order valence-electron chi connectivity index (χ3n) is 3.73. The minimum Gasteiger partial charge on any atom is -0.391 e. The maximum absolute atomic E-state index is 12.0. The lowest BCUT2D eigenvalue weighted by Crippen LogP contribution is -2.72. The highest BCUT2D eigenvalue weighted by Crippen LogP contribution is 2.30. The SMILES string of the molecule is CC.CC(O)C(C=O)NC(=O)CN1CC2(CCCN2)C1=O.CN. The molecular formula is C15H30N4O4. The second-order valence-electron chi connectivity index (χ2n) is 5.24. The molecule has 2 rings (SSSR count). The summed E-state index contributed by atoms with van der Waals surface area (Å²) in [4.78, 5) is 35.8. The van der Waals surface area contributed by atoms with Crippen molar-refractivity contribution >= 4 is 18.1 Å². The van der Waals surface area contributed by atoms with Crippen LogP contribution in [0.15, 0.2) is 0 Å². The van der Waals surface area contributed by atoms with E-state index in [1.165, 1.54) is 18.9 Å². The highest BCUT2D eigenvalue weighted by molar-refractivity contribution is 5.96. The lowest BCUT2D eigenvalue weighted by Gasteiger charge is -2.46. The predicted octanol–water partition coefficient (Wildman–Crippen LogP) is -1.38. The molecule has 2 aliphatic rings. The first-order valence-corrected chi connectivity index (χ1v) is 8.03. The fraction of sp³-hybridized carbons (Fsp3) is 0.800. The van der Waals surface area contributed by atoms with Crippen molar-refractivity contribution in [3.05, 3.63) is 0 Å². The summed E-state index contributed by atoms with van der Waals surface area (Å²) in [7, 11) is 1.50. The lowest BCUT2D eigenvalue weighted by molar-refractivity contribution is -0.154. The van der Waals surface area contributed by atoms with Gasteiger partial charge in [0.1, 0.15) is 17.9 Å². The Morgan fingerprint density at radius 3 is 2.52 bits per heavy atom. The van der Waals surface area contributed by atoms with Crippen LogP contribution < -0.4 is 16.4 Å². The van der Waals surface area contributed by atoms with Crippen LogP contribution in [0.25, 0.3) is 0 Å². The molecule has 1 spiro atoms. The summed E-state index contributed by atoms with van der Waals surface area (Å²) in [5.74, 6) is -0.487. The zero-order valence-electron chi connectivity index (χ0n) is 14.5. The van der Waals surface area contributed by atoms with Crippen LogP contribution in [-0.2, 0) is 14.4 Å². The third-order valence-corrected chi connectivity index (χ3v) is 3.73. The van der Waals surface area contributed by atoms with E-state index in [0.717, 1.165) is 19.4 Å². The summed E-state index contributed by atoms with van der Waals surface area (Å²) in [6, 6.07) is -0.928. The van der Waals surface area contributed by atoms with E-state index in [2.05, 4.69) is 16.4 Å². The quantitative estimate of drug-likeness (QED) is 0.364. The van der Waals surface area contributed by atoms with Crippen LogP contribution in [0.4, 0.5) is 0 Å². The molecule has 0 aromatic rings. The molecular weight excluding hydrogens is 300 g/mol. The Morgan fingerprint density at radius 2 is 2.13 bits per heavy atom. The average Bonchev–Trinajstić information content (AvgIpc) is 3.07. The van der Waals surface area contributed by atoms with Gasteiger partial charge in [-0.2, -0.15) is 0 Å². The van der Waals surface area contributed by atoms with Gasteiger partial charge in [0.05, 0.1) is 12.6 Å². The van der Waals surface area contributed by atoms with E-state index in [4.69, 9.17) is 0 Å². The van der Waals surface area contributed by atoms with E-state index in [0.29, 0.717) is 12.8 Å². The first-order valence-electron chi connectivity index (χ1n) is 8.03. The highest BCUT2D eigenvalue weighted by atomic mass is 16.3. The predicted molar refractivity (Wildman–Crippen MR) is 87.7 cm³/mol. The summed E-state index contributed by atoms with van der Waals surface area (Å²) in [6.45, 7) is 6.71. The molecule has 0 saturated carbocycles. The Bertz CT molecular complexity index is 395. The first-order chi connectivity index (χ1) is 11.0. The number of nitrogens with zero attached hydrogens (tertiary/aromatic N) is 1. The summed E-state index contributed by atoms with van der Waals surface area (Å²) < 4.78 is 0. The van der Waals surface area contributed by atoms with E-state index in [1.807, 2.05) is 13.8 Å². The van der Waals surface area contributed by atoms with Gasteiger partial charge in [0.2, 0.25) is 11.8 Å². The second kappa shape index (κ2) is 10.3. The number of nitrogens with one attached hydrogen (secondary N) is 2. The first kappa shape index (κ1) is 21.5. The Hall–Kier alpha value is -1.51. The molecule has 8 nitrogen and oxygen atoms in total. The molecule has 2 heterocycles. The van der Waals surface area contributed by atoms with E-state index < -0.39 is 23.6 Å². The van der Waals surface area contributed by atoms with Gasteiger partial charge in [0, 0.05) is 6.54 Å². The molecule has 2 saturated heterocycles. The molecule has 0 radical (unpaired) electrons. The van der Waals surface area contributed by atoms with Crippen LogP contribution in [0.3, 0.4) is 0 Å². The Kier molecular flexibility index (Phi) is 9.62. The normalized spacial score (nSPS) is 24.4. The Balaban J connectivity index is 0.00000112. The second-order valence-corrected chi connectivity index (χ2v) is 5.24. The topological polar surface area (TPSA) is 125 Å². The van der Waals surface area contributed by atoms with Crippen LogP contribution in [0.2, 0.25) is 0 Å². The Morgan fingerprint density at radius 1 is 1.52 bits per heavy atom. The van der Waals surface area contributed by atoms with Crippen molar-refractivity contribution in [1.82, 2.24) is 15.5 Å². The van der Waals surface area contributed by atoms with Gasteiger partial charge in [-0.05, 0) is 33.4 Å². The van der Waals surface area contributed by atoms with E-state index in [-0.39, 0.29) is 12.5 Å². The number of rotatable bonds is 5. The number of amides is 2. The Labute approximate surface area is 137 Å². The van der Waals surface area contributed by atoms with E-state index in [9.17, 15) is 19.5 Å². The summed E-state index contributed by atoms with van der Waals surface area (Å²) in [6.07, 6.45) is 1.33. The van der Waals surface area contributed by atoms with Crippen molar-refractivity contribution in [1.29, 1.82) is 0 Å². The van der Waals surface area contributed by atoms with Crippen molar-refractivity contribution in [3.63, 3.8) is 0 Å². The van der Waals surface area contributed by atoms with Crippen LogP contribution in [0.5, 0.6) is 0 Å². The number of aliphatic hydroxyl groups excluding tert-OH is 1. The largest absolute Gasteiger partial charge is 0.391 e. The van der Waals surface area contributed by atoms with Gasteiger partial charge in [-0.15, -0.1) is 0 Å². The molecule has 23 heavy (non-hydrogen) atoms. The number of aliphatic hydroxyl groups is 1. The molecule has 0 aromatic heterocycles. The lowest BCUT2D eigenvalue weighted by atomic mass is 9.87. The molecule has 2 aliphatic heterocycles. The fourth-order valence-corrected chi connectivity index (χ4v) is 2.60. The summed E-state index contributed by atoms with van der Waals surface area (Å²) in [5.41, 5.74) is 4.05. The van der Waals surface area contributed by atoms with Crippen molar-refractivity contribution < 1.29 is 19.5 Å². The molecule has 3 atom stereocenters. The van der Waals surface area contributed by atoms with Crippen molar-refractivity contribution in [2.45, 2.75) is 51.3 Å².